The van der Waals surface area contributed by atoms with Gasteiger partial charge in [-0.2, -0.15) is 13.2 Å². The minimum absolute atomic E-state index is 0.169. The number of hydrogen-bond donors (Lipinski definition) is 1. The quantitative estimate of drug-likeness (QED) is 0.641. The molecule has 6 heteroatoms. The lowest BCUT2D eigenvalue weighted by molar-refractivity contribution is -0.138. The van der Waals surface area contributed by atoms with Gasteiger partial charge in [-0.25, -0.2) is 5.48 Å². The van der Waals surface area contributed by atoms with E-state index in [0.29, 0.717) is 5.56 Å². The maximum atomic E-state index is 11.8. The summed E-state index contributed by atoms with van der Waals surface area (Å²) in [6.45, 7) is -0.169. The monoisotopic (exact) mass is 247 g/mol. The number of amides is 1. The molecule has 1 aromatic carbocycles. The van der Waals surface area contributed by atoms with Crippen molar-refractivity contribution in [3.8, 4) is 0 Å². The molecule has 94 valence electrons. The van der Waals surface area contributed by atoms with Crippen LogP contribution in [0.2, 0.25) is 0 Å². The van der Waals surface area contributed by atoms with E-state index in [1.165, 1.54) is 0 Å². The Hall–Kier alpha value is -1.56. The Morgan fingerprint density at radius 1 is 1.24 bits per heavy atom. The van der Waals surface area contributed by atoms with Crippen LogP contribution in [0.25, 0.3) is 0 Å². The number of hydroxylamine groups is 1. The summed E-state index contributed by atoms with van der Waals surface area (Å²) in [6, 6.07) is 8.26. The van der Waals surface area contributed by atoms with E-state index in [1.54, 1.807) is 30.3 Å². The maximum Gasteiger partial charge on any atom is 0.389 e. The van der Waals surface area contributed by atoms with Crippen LogP contribution in [-0.4, -0.2) is 18.7 Å². The number of nitrogens with one attached hydrogen (secondary N) is 1. The molecule has 0 saturated carbocycles. The van der Waals surface area contributed by atoms with Crippen LogP contribution in [0, 0.1) is 0 Å². The van der Waals surface area contributed by atoms with Crippen LogP contribution in [0.1, 0.15) is 23.2 Å². The molecule has 1 aromatic rings. The van der Waals surface area contributed by atoms with Crippen molar-refractivity contribution in [1.29, 1.82) is 0 Å². The second-order valence-electron chi connectivity index (χ2n) is 3.36. The Morgan fingerprint density at radius 3 is 2.47 bits per heavy atom. The van der Waals surface area contributed by atoms with Gasteiger partial charge in [-0.1, -0.05) is 18.2 Å². The zero-order valence-electron chi connectivity index (χ0n) is 8.96. The number of halogens is 3. The first-order valence-corrected chi connectivity index (χ1v) is 5.03. The van der Waals surface area contributed by atoms with Crippen LogP contribution in [0.3, 0.4) is 0 Å². The van der Waals surface area contributed by atoms with Crippen molar-refractivity contribution >= 4 is 5.91 Å². The predicted molar refractivity (Wildman–Crippen MR) is 55.1 cm³/mol. The number of carbonyl (C=O) groups is 1. The van der Waals surface area contributed by atoms with Gasteiger partial charge in [-0.3, -0.25) is 9.63 Å². The summed E-state index contributed by atoms with van der Waals surface area (Å²) in [5, 5.41) is 0. The third kappa shape index (κ3) is 5.91. The van der Waals surface area contributed by atoms with Gasteiger partial charge in [0, 0.05) is 12.0 Å². The van der Waals surface area contributed by atoms with Gasteiger partial charge in [0.25, 0.3) is 5.91 Å². The molecule has 0 heterocycles. The van der Waals surface area contributed by atoms with Crippen LogP contribution < -0.4 is 5.48 Å². The van der Waals surface area contributed by atoms with Crippen LogP contribution in [0.5, 0.6) is 0 Å². The number of hydrogen-bond acceptors (Lipinski definition) is 2. The molecular weight excluding hydrogens is 235 g/mol. The molecule has 1 rings (SSSR count). The highest BCUT2D eigenvalue weighted by molar-refractivity contribution is 5.93. The molecule has 0 saturated heterocycles. The Kier molecular flexibility index (Phi) is 4.96. The van der Waals surface area contributed by atoms with Gasteiger partial charge in [-0.05, 0) is 18.6 Å². The molecule has 0 radical (unpaired) electrons. The first-order valence-electron chi connectivity index (χ1n) is 5.03. The molecule has 0 spiro atoms. The standard InChI is InChI=1S/C11H12F3NO2/c12-11(13,14)7-4-8-17-15-10(16)9-5-2-1-3-6-9/h1-3,5-6H,4,7-8H2,(H,15,16). The van der Waals surface area contributed by atoms with Crippen LogP contribution in [0.4, 0.5) is 13.2 Å². The summed E-state index contributed by atoms with van der Waals surface area (Å²) in [5.74, 6) is -0.474. The van der Waals surface area contributed by atoms with Gasteiger partial charge < -0.3 is 0 Å². The molecule has 0 aliphatic rings. The van der Waals surface area contributed by atoms with E-state index in [0.717, 1.165) is 0 Å². The average molecular weight is 247 g/mol. The topological polar surface area (TPSA) is 38.3 Å². The molecule has 1 amide bonds. The predicted octanol–water partition coefficient (Wildman–Crippen LogP) is 2.69. The van der Waals surface area contributed by atoms with Gasteiger partial charge in [0.15, 0.2) is 0 Å². The Morgan fingerprint density at radius 2 is 1.88 bits per heavy atom. The van der Waals surface area contributed by atoms with Crippen molar-refractivity contribution in [3.63, 3.8) is 0 Å². The Bertz CT molecular complexity index is 351. The highest BCUT2D eigenvalue weighted by Gasteiger charge is 2.26. The van der Waals surface area contributed by atoms with Crippen LogP contribution in [-0.2, 0) is 4.84 Å². The number of benzene rings is 1. The molecule has 0 atom stereocenters. The molecule has 0 unspecified atom stereocenters. The second kappa shape index (κ2) is 6.24. The van der Waals surface area contributed by atoms with Crippen molar-refractivity contribution in [1.82, 2.24) is 5.48 Å². The fourth-order valence-corrected chi connectivity index (χ4v) is 1.11. The first-order chi connectivity index (χ1) is 7.99. The van der Waals surface area contributed by atoms with Gasteiger partial charge in [0.2, 0.25) is 0 Å². The van der Waals surface area contributed by atoms with E-state index in [-0.39, 0.29) is 13.0 Å². The molecule has 1 N–H and O–H groups in total. The third-order valence-electron chi connectivity index (χ3n) is 1.91. The third-order valence-corrected chi connectivity index (χ3v) is 1.91. The summed E-state index contributed by atoms with van der Waals surface area (Å²) in [6.07, 6.45) is -5.29. The van der Waals surface area contributed by atoms with E-state index in [1.807, 2.05) is 0 Å². The Labute approximate surface area is 96.5 Å². The number of alkyl halides is 3. The zero-order chi connectivity index (χ0) is 12.7. The van der Waals surface area contributed by atoms with Crippen molar-refractivity contribution in [2.75, 3.05) is 6.61 Å². The Balaban J connectivity index is 2.18. The minimum Gasteiger partial charge on any atom is -0.273 e. The molecule has 0 aliphatic heterocycles. The molecule has 0 aliphatic carbocycles. The van der Waals surface area contributed by atoms with E-state index in [4.69, 9.17) is 0 Å². The summed E-state index contributed by atoms with van der Waals surface area (Å²) in [5.41, 5.74) is 2.47. The fraction of sp³-hybridized carbons (Fsp3) is 0.364. The summed E-state index contributed by atoms with van der Waals surface area (Å²) < 4.78 is 35.3. The molecule has 0 bridgehead atoms. The SMILES string of the molecule is O=C(NOCCCC(F)(F)F)c1ccccc1. The van der Waals surface area contributed by atoms with Gasteiger partial charge in [-0.15, -0.1) is 0 Å². The number of rotatable bonds is 5. The zero-order valence-corrected chi connectivity index (χ0v) is 8.96. The summed E-state index contributed by atoms with van der Waals surface area (Å²) in [4.78, 5) is 16.0. The lowest BCUT2D eigenvalue weighted by atomic mass is 10.2. The molecule has 17 heavy (non-hydrogen) atoms. The van der Waals surface area contributed by atoms with Gasteiger partial charge >= 0.3 is 6.18 Å². The van der Waals surface area contributed by atoms with Crippen LogP contribution in [0.15, 0.2) is 30.3 Å². The fourth-order valence-electron chi connectivity index (χ4n) is 1.11. The molecule has 0 aromatic heterocycles. The van der Waals surface area contributed by atoms with E-state index in [9.17, 15) is 18.0 Å². The van der Waals surface area contributed by atoms with Crippen molar-refractivity contribution in [2.24, 2.45) is 0 Å². The minimum atomic E-state index is -4.19. The smallest absolute Gasteiger partial charge is 0.273 e. The van der Waals surface area contributed by atoms with E-state index < -0.39 is 18.5 Å². The van der Waals surface area contributed by atoms with Crippen molar-refractivity contribution in [2.45, 2.75) is 19.0 Å². The van der Waals surface area contributed by atoms with Crippen LogP contribution >= 0.6 is 0 Å². The normalized spacial score (nSPS) is 11.2. The van der Waals surface area contributed by atoms with E-state index in [2.05, 4.69) is 10.3 Å². The molecule has 3 nitrogen and oxygen atoms in total. The first kappa shape index (κ1) is 13.5. The lowest BCUT2D eigenvalue weighted by Crippen LogP contribution is -2.24. The van der Waals surface area contributed by atoms with Crippen molar-refractivity contribution in [3.05, 3.63) is 35.9 Å². The lowest BCUT2D eigenvalue weighted by Gasteiger charge is -2.07. The second-order valence-corrected chi connectivity index (χ2v) is 3.36. The summed E-state index contributed by atoms with van der Waals surface area (Å²) in [7, 11) is 0. The highest BCUT2D eigenvalue weighted by atomic mass is 19.4. The molecular formula is C11H12F3NO2. The van der Waals surface area contributed by atoms with E-state index >= 15 is 0 Å². The maximum absolute atomic E-state index is 11.8. The molecule has 0 fully saturated rings. The highest BCUT2D eigenvalue weighted by Crippen LogP contribution is 2.20. The van der Waals surface area contributed by atoms with Gasteiger partial charge in [0.05, 0.1) is 6.61 Å². The summed E-state index contributed by atoms with van der Waals surface area (Å²) >= 11 is 0. The largest absolute Gasteiger partial charge is 0.389 e. The number of carbonyl (C=O) groups excluding carboxylic acids is 1. The van der Waals surface area contributed by atoms with Gasteiger partial charge in [0.1, 0.15) is 0 Å². The average Bonchev–Trinajstić information content (AvgIpc) is 2.28. The van der Waals surface area contributed by atoms with Crippen molar-refractivity contribution < 1.29 is 22.8 Å².